The van der Waals surface area contributed by atoms with Crippen LogP contribution in [0, 0.1) is 11.8 Å². The lowest BCUT2D eigenvalue weighted by molar-refractivity contribution is 0.138. The monoisotopic (exact) mass is 376 g/mol. The van der Waals surface area contributed by atoms with Crippen molar-refractivity contribution in [3.63, 3.8) is 0 Å². The number of ether oxygens (including phenoxy) is 1. The average molecular weight is 377 g/mol. The lowest BCUT2D eigenvalue weighted by Crippen LogP contribution is -2.36. The van der Waals surface area contributed by atoms with Crippen LogP contribution in [0.5, 0.6) is 0 Å². The summed E-state index contributed by atoms with van der Waals surface area (Å²) in [5, 5.41) is 10.8. The molecule has 2 N–H and O–H groups in total. The van der Waals surface area contributed by atoms with Crippen molar-refractivity contribution >= 4 is 18.5 Å². The Balaban J connectivity index is 0.00000196. The first kappa shape index (κ1) is 18.7. The molecule has 1 aromatic carbocycles. The second-order valence-electron chi connectivity index (χ2n) is 7.00. The predicted molar refractivity (Wildman–Crippen MR) is 101 cm³/mol. The minimum atomic E-state index is -0.359. The van der Waals surface area contributed by atoms with Crippen molar-refractivity contribution in [1.82, 2.24) is 20.4 Å². The summed E-state index contributed by atoms with van der Waals surface area (Å²) in [6, 6.07) is 11.8. The lowest BCUT2D eigenvalue weighted by Gasteiger charge is -2.19. The fraction of sp³-hybridized carbons (Fsp3) is 0.474. The zero-order valence-electron chi connectivity index (χ0n) is 14.9. The zero-order valence-corrected chi connectivity index (χ0v) is 15.7. The first-order valence-corrected chi connectivity index (χ1v) is 8.85. The number of carbonyl (C=O) groups excluding carboxylic acids is 1. The van der Waals surface area contributed by atoms with Crippen molar-refractivity contribution in [3.05, 3.63) is 53.9 Å². The summed E-state index contributed by atoms with van der Waals surface area (Å²) in [7, 11) is 1.97. The smallest absolute Gasteiger partial charge is 0.407 e. The van der Waals surface area contributed by atoms with E-state index in [2.05, 4.69) is 21.8 Å². The normalized spacial score (nSPS) is 26.3. The van der Waals surface area contributed by atoms with E-state index in [0.29, 0.717) is 25.0 Å². The maximum Gasteiger partial charge on any atom is 0.407 e. The molecule has 2 fully saturated rings. The van der Waals surface area contributed by atoms with Gasteiger partial charge in [-0.15, -0.1) is 12.4 Å². The highest BCUT2D eigenvalue weighted by Crippen LogP contribution is 2.61. The van der Waals surface area contributed by atoms with Gasteiger partial charge in [0.05, 0.1) is 0 Å². The number of nitrogens with zero attached hydrogens (tertiary/aromatic N) is 2. The summed E-state index contributed by atoms with van der Waals surface area (Å²) in [6.45, 7) is 2.92. The van der Waals surface area contributed by atoms with Gasteiger partial charge in [0, 0.05) is 30.9 Å². The molecule has 1 saturated carbocycles. The third-order valence-electron chi connectivity index (χ3n) is 5.73. The molecular formula is C19H25ClN4O2. The molecule has 7 heteroatoms. The predicted octanol–water partition coefficient (Wildman–Crippen LogP) is 2.25. The van der Waals surface area contributed by atoms with Gasteiger partial charge in [-0.2, -0.15) is 5.10 Å². The summed E-state index contributed by atoms with van der Waals surface area (Å²) in [4.78, 5) is 12.2. The average Bonchev–Trinajstić information content (AvgIpc) is 3.10. The van der Waals surface area contributed by atoms with E-state index in [1.807, 2.05) is 48.3 Å². The number of benzene rings is 1. The Morgan fingerprint density at radius 2 is 2.15 bits per heavy atom. The van der Waals surface area contributed by atoms with Crippen LogP contribution in [0.2, 0.25) is 0 Å². The number of carbonyl (C=O) groups is 1. The van der Waals surface area contributed by atoms with Crippen LogP contribution in [0.15, 0.2) is 42.6 Å². The second-order valence-corrected chi connectivity index (χ2v) is 7.00. The highest BCUT2D eigenvalue weighted by Gasteiger charge is 2.66. The maximum absolute atomic E-state index is 12.2. The van der Waals surface area contributed by atoms with E-state index in [4.69, 9.17) is 4.74 Å². The second kappa shape index (κ2) is 7.68. The number of aromatic nitrogens is 2. The van der Waals surface area contributed by atoms with Crippen LogP contribution >= 0.6 is 12.4 Å². The van der Waals surface area contributed by atoms with Crippen molar-refractivity contribution in [2.75, 3.05) is 19.6 Å². The van der Waals surface area contributed by atoms with E-state index in [9.17, 15) is 4.79 Å². The molecule has 1 saturated heterocycles. The van der Waals surface area contributed by atoms with Crippen LogP contribution in [0.1, 0.15) is 17.7 Å². The Morgan fingerprint density at radius 1 is 1.35 bits per heavy atom. The van der Waals surface area contributed by atoms with Crippen LogP contribution in [-0.2, 0) is 23.8 Å². The fourth-order valence-electron chi connectivity index (χ4n) is 4.46. The minimum absolute atomic E-state index is 0. The summed E-state index contributed by atoms with van der Waals surface area (Å²) in [5.41, 5.74) is 2.17. The van der Waals surface area contributed by atoms with Crippen LogP contribution in [-0.4, -0.2) is 35.5 Å². The lowest BCUT2D eigenvalue weighted by atomic mass is 9.96. The third kappa shape index (κ3) is 3.31. The van der Waals surface area contributed by atoms with E-state index in [-0.39, 0.29) is 23.9 Å². The van der Waals surface area contributed by atoms with E-state index >= 15 is 0 Å². The molecule has 2 heterocycles. The molecule has 4 rings (SSSR count). The van der Waals surface area contributed by atoms with Gasteiger partial charge in [0.1, 0.15) is 6.61 Å². The largest absolute Gasteiger partial charge is 0.445 e. The molecule has 3 atom stereocenters. The molecular weight excluding hydrogens is 352 g/mol. The molecule has 6 nitrogen and oxygen atoms in total. The summed E-state index contributed by atoms with van der Waals surface area (Å²) >= 11 is 0. The Bertz CT molecular complexity index is 737. The summed E-state index contributed by atoms with van der Waals surface area (Å²) in [5.74, 6) is 1.14. The van der Waals surface area contributed by atoms with Gasteiger partial charge in [-0.1, -0.05) is 30.3 Å². The van der Waals surface area contributed by atoms with Crippen LogP contribution < -0.4 is 10.6 Å². The maximum atomic E-state index is 12.2. The van der Waals surface area contributed by atoms with E-state index in [0.717, 1.165) is 25.1 Å². The van der Waals surface area contributed by atoms with Crippen molar-refractivity contribution in [2.45, 2.75) is 18.4 Å². The van der Waals surface area contributed by atoms with Gasteiger partial charge >= 0.3 is 6.09 Å². The van der Waals surface area contributed by atoms with Crippen LogP contribution in [0.4, 0.5) is 4.79 Å². The number of hydrogen-bond acceptors (Lipinski definition) is 4. The molecule has 1 amide bonds. The topological polar surface area (TPSA) is 68.2 Å². The Labute approximate surface area is 159 Å². The van der Waals surface area contributed by atoms with Gasteiger partial charge in [-0.25, -0.2) is 4.79 Å². The van der Waals surface area contributed by atoms with Gasteiger partial charge in [0.2, 0.25) is 0 Å². The fourth-order valence-corrected chi connectivity index (χ4v) is 4.46. The molecule has 3 unspecified atom stereocenters. The van der Waals surface area contributed by atoms with Gasteiger partial charge in [-0.05, 0) is 43.0 Å². The molecule has 0 bridgehead atoms. The Kier molecular flexibility index (Phi) is 5.53. The summed E-state index contributed by atoms with van der Waals surface area (Å²) < 4.78 is 7.30. The van der Waals surface area contributed by atoms with E-state index in [1.165, 1.54) is 5.69 Å². The third-order valence-corrected chi connectivity index (χ3v) is 5.73. The summed E-state index contributed by atoms with van der Waals surface area (Å²) in [6.07, 6.45) is 2.61. The van der Waals surface area contributed by atoms with Gasteiger partial charge in [0.25, 0.3) is 0 Å². The Hall–Kier alpha value is -2.05. The highest BCUT2D eigenvalue weighted by atomic mass is 35.5. The number of piperidine rings is 1. The first-order valence-electron chi connectivity index (χ1n) is 8.85. The molecule has 140 valence electrons. The number of amides is 1. The van der Waals surface area contributed by atoms with Crippen molar-refractivity contribution in [2.24, 2.45) is 18.9 Å². The SMILES string of the molecule is Cl.Cn1nccc1C1(CNC(=O)OCc2ccccc2)C2CCNCC21. The molecule has 0 spiro atoms. The van der Waals surface area contributed by atoms with Crippen molar-refractivity contribution < 1.29 is 9.53 Å². The molecule has 1 aliphatic carbocycles. The molecule has 1 aliphatic heterocycles. The number of hydrogen-bond donors (Lipinski definition) is 2. The molecule has 0 radical (unpaired) electrons. The number of fused-ring (bicyclic) bond motifs is 1. The van der Waals surface area contributed by atoms with Gasteiger partial charge < -0.3 is 15.4 Å². The van der Waals surface area contributed by atoms with Crippen molar-refractivity contribution in [1.29, 1.82) is 0 Å². The number of aryl methyl sites for hydroxylation is 1. The van der Waals surface area contributed by atoms with Gasteiger partial charge in [0.15, 0.2) is 0 Å². The van der Waals surface area contributed by atoms with E-state index in [1.54, 1.807) is 0 Å². The molecule has 2 aliphatic rings. The number of halogens is 1. The zero-order chi connectivity index (χ0) is 17.3. The quantitative estimate of drug-likeness (QED) is 0.839. The Morgan fingerprint density at radius 3 is 2.81 bits per heavy atom. The number of nitrogens with one attached hydrogen (secondary N) is 2. The van der Waals surface area contributed by atoms with Gasteiger partial charge in [-0.3, -0.25) is 4.68 Å². The van der Waals surface area contributed by atoms with Crippen LogP contribution in [0.3, 0.4) is 0 Å². The molecule has 26 heavy (non-hydrogen) atoms. The minimum Gasteiger partial charge on any atom is -0.445 e. The molecule has 1 aromatic heterocycles. The number of rotatable bonds is 5. The van der Waals surface area contributed by atoms with Crippen molar-refractivity contribution in [3.8, 4) is 0 Å². The standard InChI is InChI=1S/C19H24N4O2.ClH/c1-23-17(8-10-22-23)19(15-7-9-20-11-16(15)19)13-21-18(24)25-12-14-5-3-2-4-6-14;/h2-6,8,10,15-16,20H,7,9,11-13H2,1H3,(H,21,24);1H. The number of alkyl carbamates (subject to hydrolysis) is 1. The molecule has 2 aromatic rings. The van der Waals surface area contributed by atoms with E-state index < -0.39 is 0 Å². The highest BCUT2D eigenvalue weighted by molar-refractivity contribution is 5.85. The van der Waals surface area contributed by atoms with Crippen LogP contribution in [0.25, 0.3) is 0 Å². The first-order chi connectivity index (χ1) is 12.2.